The van der Waals surface area contributed by atoms with Crippen LogP contribution in [0.2, 0.25) is 5.02 Å². The smallest absolute Gasteiger partial charge is 0.329 e. The topological polar surface area (TPSA) is 63.7 Å². The molecule has 0 saturated carbocycles. The van der Waals surface area contributed by atoms with Gasteiger partial charge in [0.1, 0.15) is 6.04 Å². The number of hydrogen-bond acceptors (Lipinski definition) is 5. The number of esters is 1. The molecular formula is C15H14ClNO4S. The monoisotopic (exact) mass is 339 g/mol. The van der Waals surface area contributed by atoms with Gasteiger partial charge in [-0.2, -0.15) is 0 Å². The first-order valence-electron chi connectivity index (χ1n) is 6.63. The molecule has 7 heteroatoms. The average molecular weight is 340 g/mol. The molecule has 22 heavy (non-hydrogen) atoms. The number of nitrogens with zero attached hydrogens (tertiary/aromatic N) is 1. The van der Waals surface area contributed by atoms with E-state index in [9.17, 15) is 14.4 Å². The highest BCUT2D eigenvalue weighted by atomic mass is 35.5. The third-order valence-corrected chi connectivity index (χ3v) is 4.10. The van der Waals surface area contributed by atoms with Crippen LogP contribution in [-0.4, -0.2) is 34.7 Å². The zero-order valence-electron chi connectivity index (χ0n) is 12.0. The van der Waals surface area contributed by atoms with E-state index in [1.165, 1.54) is 6.92 Å². The van der Waals surface area contributed by atoms with E-state index in [-0.39, 0.29) is 11.5 Å². The zero-order chi connectivity index (χ0) is 16.3. The Kier molecular flexibility index (Phi) is 5.26. The molecule has 1 aliphatic heterocycles. The molecule has 2 rings (SSSR count). The molecule has 1 atom stereocenters. The van der Waals surface area contributed by atoms with Gasteiger partial charge in [-0.05, 0) is 49.4 Å². The van der Waals surface area contributed by atoms with E-state index in [0.29, 0.717) is 10.6 Å². The Morgan fingerprint density at radius 1 is 1.45 bits per heavy atom. The van der Waals surface area contributed by atoms with Gasteiger partial charge in [-0.3, -0.25) is 14.5 Å². The molecule has 1 aromatic rings. The second-order valence-corrected chi connectivity index (χ2v) is 5.96. The van der Waals surface area contributed by atoms with Crippen LogP contribution in [0.4, 0.5) is 4.79 Å². The molecule has 5 nitrogen and oxygen atoms in total. The largest absolute Gasteiger partial charge is 0.464 e. The number of carbonyl (C=O) groups excluding carboxylic acids is 3. The lowest BCUT2D eigenvalue weighted by Gasteiger charge is -2.19. The van der Waals surface area contributed by atoms with Crippen molar-refractivity contribution in [3.8, 4) is 0 Å². The minimum Gasteiger partial charge on any atom is -0.464 e. The fourth-order valence-corrected chi connectivity index (χ4v) is 3.04. The summed E-state index contributed by atoms with van der Waals surface area (Å²) in [7, 11) is 0. The van der Waals surface area contributed by atoms with Gasteiger partial charge < -0.3 is 4.74 Å². The van der Waals surface area contributed by atoms with Gasteiger partial charge in [0.15, 0.2) is 0 Å². The number of ether oxygens (including phenoxy) is 1. The minimum atomic E-state index is -0.947. The number of halogens is 1. The molecule has 0 bridgehead atoms. The molecule has 0 aromatic heterocycles. The standard InChI is InChI=1S/C15H14ClNO4S/c1-3-21-14(19)9(2)17-13(18)12(22-15(17)20)8-10-5-4-6-11(16)7-10/h4-9H,3H2,1-2H3/b12-8+/t9-/m0/s1. The van der Waals surface area contributed by atoms with Gasteiger partial charge in [0.2, 0.25) is 0 Å². The van der Waals surface area contributed by atoms with E-state index in [2.05, 4.69) is 0 Å². The van der Waals surface area contributed by atoms with Gasteiger partial charge in [-0.15, -0.1) is 0 Å². The van der Waals surface area contributed by atoms with E-state index >= 15 is 0 Å². The molecule has 1 aromatic carbocycles. The van der Waals surface area contributed by atoms with Crippen LogP contribution in [-0.2, 0) is 14.3 Å². The maximum Gasteiger partial charge on any atom is 0.329 e. The van der Waals surface area contributed by atoms with Crippen LogP contribution in [0.3, 0.4) is 0 Å². The highest BCUT2D eigenvalue weighted by Gasteiger charge is 2.41. The van der Waals surface area contributed by atoms with Crippen molar-refractivity contribution in [2.24, 2.45) is 0 Å². The predicted molar refractivity (Wildman–Crippen MR) is 85.4 cm³/mol. The van der Waals surface area contributed by atoms with Crippen LogP contribution in [0.5, 0.6) is 0 Å². The van der Waals surface area contributed by atoms with Gasteiger partial charge in [0.25, 0.3) is 11.1 Å². The van der Waals surface area contributed by atoms with Crippen LogP contribution in [0, 0.1) is 0 Å². The van der Waals surface area contributed by atoms with Gasteiger partial charge in [-0.1, -0.05) is 23.7 Å². The SMILES string of the molecule is CCOC(=O)[C@H](C)N1C(=O)S/C(=C/c2cccc(Cl)c2)C1=O. The maximum absolute atomic E-state index is 12.3. The fraction of sp³-hybridized carbons (Fsp3) is 0.267. The van der Waals surface area contributed by atoms with Crippen molar-refractivity contribution in [3.63, 3.8) is 0 Å². The Labute approximate surface area is 137 Å². The second-order valence-electron chi connectivity index (χ2n) is 4.53. The van der Waals surface area contributed by atoms with E-state index in [0.717, 1.165) is 16.7 Å². The molecule has 0 aliphatic carbocycles. The number of benzene rings is 1. The Morgan fingerprint density at radius 2 is 2.18 bits per heavy atom. The lowest BCUT2D eigenvalue weighted by atomic mass is 10.2. The predicted octanol–water partition coefficient (Wildman–Crippen LogP) is 3.33. The summed E-state index contributed by atoms with van der Waals surface area (Å²) in [4.78, 5) is 37.2. The summed E-state index contributed by atoms with van der Waals surface area (Å²) in [6.45, 7) is 3.33. The van der Waals surface area contributed by atoms with Crippen LogP contribution in [0.25, 0.3) is 6.08 Å². The van der Waals surface area contributed by atoms with Gasteiger partial charge in [-0.25, -0.2) is 4.79 Å². The molecule has 0 spiro atoms. The number of thioether (sulfide) groups is 1. The van der Waals surface area contributed by atoms with Crippen molar-refractivity contribution in [2.75, 3.05) is 6.61 Å². The number of hydrogen-bond donors (Lipinski definition) is 0. The lowest BCUT2D eigenvalue weighted by molar-refractivity contribution is -0.150. The summed E-state index contributed by atoms with van der Waals surface area (Å²) >= 11 is 6.69. The molecule has 0 radical (unpaired) electrons. The minimum absolute atomic E-state index is 0.192. The summed E-state index contributed by atoms with van der Waals surface area (Å²) in [5, 5.41) is 0.0479. The Bertz CT molecular complexity index is 659. The van der Waals surface area contributed by atoms with E-state index in [1.54, 1.807) is 37.3 Å². The van der Waals surface area contributed by atoms with Gasteiger partial charge in [0, 0.05) is 5.02 Å². The van der Waals surface area contributed by atoms with E-state index in [4.69, 9.17) is 16.3 Å². The van der Waals surface area contributed by atoms with Crippen molar-refractivity contribution >= 4 is 46.6 Å². The van der Waals surface area contributed by atoms with Gasteiger partial charge >= 0.3 is 5.97 Å². The summed E-state index contributed by atoms with van der Waals surface area (Å²) in [5.74, 6) is -1.11. The van der Waals surface area contributed by atoms with Crippen LogP contribution >= 0.6 is 23.4 Å². The van der Waals surface area contributed by atoms with Gasteiger partial charge in [0.05, 0.1) is 11.5 Å². The number of rotatable bonds is 4. The molecule has 116 valence electrons. The first kappa shape index (κ1) is 16.6. The number of carbonyl (C=O) groups is 3. The normalized spacial score (nSPS) is 18.0. The third-order valence-electron chi connectivity index (χ3n) is 2.98. The quantitative estimate of drug-likeness (QED) is 0.622. The first-order chi connectivity index (χ1) is 10.4. The van der Waals surface area contributed by atoms with E-state index < -0.39 is 23.2 Å². The molecular weight excluding hydrogens is 326 g/mol. The Morgan fingerprint density at radius 3 is 2.82 bits per heavy atom. The van der Waals surface area contributed by atoms with Crippen molar-refractivity contribution in [1.82, 2.24) is 4.90 Å². The molecule has 0 unspecified atom stereocenters. The fourth-order valence-electron chi connectivity index (χ4n) is 1.93. The first-order valence-corrected chi connectivity index (χ1v) is 7.82. The maximum atomic E-state index is 12.3. The highest BCUT2D eigenvalue weighted by Crippen LogP contribution is 2.34. The van der Waals surface area contributed by atoms with Crippen molar-refractivity contribution in [2.45, 2.75) is 19.9 Å². The molecule has 2 amide bonds. The molecule has 1 saturated heterocycles. The van der Waals surface area contributed by atoms with Crippen LogP contribution < -0.4 is 0 Å². The number of imide groups is 1. The molecule has 1 fully saturated rings. The summed E-state index contributed by atoms with van der Waals surface area (Å²) < 4.78 is 4.85. The van der Waals surface area contributed by atoms with Crippen molar-refractivity contribution in [3.05, 3.63) is 39.8 Å². The highest BCUT2D eigenvalue weighted by molar-refractivity contribution is 8.18. The Balaban J connectivity index is 2.23. The Hall–Kier alpha value is -1.79. The molecule has 1 heterocycles. The van der Waals surface area contributed by atoms with Crippen LogP contribution in [0.1, 0.15) is 19.4 Å². The summed E-state index contributed by atoms with van der Waals surface area (Å²) in [5.41, 5.74) is 0.710. The summed E-state index contributed by atoms with van der Waals surface area (Å²) in [6, 6.07) is 5.98. The van der Waals surface area contributed by atoms with E-state index in [1.807, 2.05) is 0 Å². The average Bonchev–Trinajstić information content (AvgIpc) is 2.73. The van der Waals surface area contributed by atoms with Crippen LogP contribution in [0.15, 0.2) is 29.2 Å². The number of amides is 2. The molecule has 1 aliphatic rings. The van der Waals surface area contributed by atoms with Crippen molar-refractivity contribution < 1.29 is 19.1 Å². The zero-order valence-corrected chi connectivity index (χ0v) is 13.6. The van der Waals surface area contributed by atoms with Crippen molar-refractivity contribution in [1.29, 1.82) is 0 Å². The second kappa shape index (κ2) is 6.98. The molecule has 0 N–H and O–H groups in total. The lowest BCUT2D eigenvalue weighted by Crippen LogP contribution is -2.42. The third kappa shape index (κ3) is 3.51. The summed E-state index contributed by atoms with van der Waals surface area (Å²) in [6.07, 6.45) is 1.58.